The number of hydrogen-bond donors (Lipinski definition) is 0. The summed E-state index contributed by atoms with van der Waals surface area (Å²) in [7, 11) is 1.45. The Hall–Kier alpha value is -0.590. The Balaban J connectivity index is 3.26. The van der Waals surface area contributed by atoms with Crippen LogP contribution in [-0.4, -0.2) is 21.0 Å². The molecule has 18 heavy (non-hydrogen) atoms. The summed E-state index contributed by atoms with van der Waals surface area (Å²) in [5, 5.41) is 1.49. The van der Waals surface area contributed by atoms with E-state index in [2.05, 4.69) is 0 Å². The lowest BCUT2D eigenvalue weighted by Gasteiger charge is -2.06. The van der Waals surface area contributed by atoms with Gasteiger partial charge in [-0.25, -0.2) is 13.2 Å². The van der Waals surface area contributed by atoms with Crippen LogP contribution in [0.2, 0.25) is 0 Å². The third kappa shape index (κ3) is 3.46. The quantitative estimate of drug-likeness (QED) is 0.618. The summed E-state index contributed by atoms with van der Waals surface area (Å²) in [6.45, 7) is 5.81. The van der Waals surface area contributed by atoms with Gasteiger partial charge in [0.2, 0.25) is 0 Å². The van der Waals surface area contributed by atoms with Crippen molar-refractivity contribution in [3.8, 4) is 0 Å². The molecular weight excluding hydrogens is 296 g/mol. The molecule has 0 spiro atoms. The minimum atomic E-state index is -3.95. The van der Waals surface area contributed by atoms with Crippen LogP contribution in [0.1, 0.15) is 48.3 Å². The van der Waals surface area contributed by atoms with Crippen molar-refractivity contribution in [1.82, 2.24) is 0 Å². The van der Waals surface area contributed by atoms with E-state index in [4.69, 9.17) is 15.4 Å². The van der Waals surface area contributed by atoms with Crippen molar-refractivity contribution >= 4 is 37.0 Å². The second-order valence-corrected chi connectivity index (χ2v) is 7.49. The van der Waals surface area contributed by atoms with Gasteiger partial charge in [-0.1, -0.05) is 20.8 Å². The fourth-order valence-corrected chi connectivity index (χ4v) is 4.44. The molecule has 0 amide bonds. The molecule has 0 bridgehead atoms. The summed E-state index contributed by atoms with van der Waals surface area (Å²) in [6.07, 6.45) is 0.676. The van der Waals surface area contributed by atoms with Gasteiger partial charge < -0.3 is 4.74 Å². The van der Waals surface area contributed by atoms with E-state index in [0.717, 1.165) is 0 Å². The molecule has 0 unspecified atom stereocenters. The van der Waals surface area contributed by atoms with E-state index < -0.39 is 15.0 Å². The molecule has 0 saturated heterocycles. The van der Waals surface area contributed by atoms with Crippen LogP contribution in [0.5, 0.6) is 0 Å². The first kappa shape index (κ1) is 15.5. The van der Waals surface area contributed by atoms with Crippen molar-refractivity contribution in [2.24, 2.45) is 0 Å². The van der Waals surface area contributed by atoms with Gasteiger partial charge in [0, 0.05) is 20.9 Å². The van der Waals surface area contributed by atoms with Gasteiger partial charge in [-0.2, -0.15) is 0 Å². The molecule has 0 saturated carbocycles. The van der Waals surface area contributed by atoms with Crippen LogP contribution >= 0.6 is 22.0 Å². The van der Waals surface area contributed by atoms with Crippen LogP contribution in [0.15, 0.2) is 10.3 Å². The van der Waals surface area contributed by atoms with Gasteiger partial charge in [-0.15, -0.1) is 11.3 Å². The zero-order valence-corrected chi connectivity index (χ0v) is 12.8. The number of thiophene rings is 1. The molecule has 1 heterocycles. The van der Waals surface area contributed by atoms with Crippen LogP contribution < -0.4 is 0 Å². The van der Waals surface area contributed by atoms with Gasteiger partial charge in [0.1, 0.15) is 4.90 Å². The Bertz CT molecular complexity index is 531. The number of rotatable bonds is 5. The summed E-state index contributed by atoms with van der Waals surface area (Å²) < 4.78 is 28.1. The van der Waals surface area contributed by atoms with E-state index in [1.807, 2.05) is 20.8 Å². The third-order valence-corrected chi connectivity index (χ3v) is 5.00. The monoisotopic (exact) mass is 310 g/mol. The second kappa shape index (κ2) is 6.04. The SMILES string of the molecule is CCCOC(=O)c1csc(C(C)C)c1S(=O)(=O)Cl. The lowest BCUT2D eigenvalue weighted by molar-refractivity contribution is 0.0501. The van der Waals surface area contributed by atoms with Crippen LogP contribution in [0, 0.1) is 0 Å². The molecule has 4 nitrogen and oxygen atoms in total. The van der Waals surface area contributed by atoms with Gasteiger partial charge >= 0.3 is 5.97 Å². The highest BCUT2D eigenvalue weighted by Crippen LogP contribution is 2.35. The molecule has 0 aromatic carbocycles. The zero-order chi connectivity index (χ0) is 13.9. The molecule has 7 heteroatoms. The molecule has 1 aromatic rings. The van der Waals surface area contributed by atoms with Gasteiger partial charge in [-0.3, -0.25) is 0 Å². The van der Waals surface area contributed by atoms with Crippen LogP contribution in [0.3, 0.4) is 0 Å². The molecule has 0 fully saturated rings. The summed E-state index contributed by atoms with van der Waals surface area (Å²) in [4.78, 5) is 12.2. The van der Waals surface area contributed by atoms with Crippen LogP contribution in [-0.2, 0) is 13.8 Å². The molecular formula is C11H15ClO4S2. The van der Waals surface area contributed by atoms with Crippen molar-refractivity contribution < 1.29 is 17.9 Å². The van der Waals surface area contributed by atoms with Crippen molar-refractivity contribution in [1.29, 1.82) is 0 Å². The van der Waals surface area contributed by atoms with Gasteiger partial charge in [-0.05, 0) is 12.3 Å². The Labute approximate surface area is 115 Å². The maximum atomic E-state index is 11.8. The Morgan fingerprint density at radius 3 is 2.56 bits per heavy atom. The van der Waals surface area contributed by atoms with Crippen LogP contribution in [0.25, 0.3) is 0 Å². The van der Waals surface area contributed by atoms with Gasteiger partial charge in [0.15, 0.2) is 0 Å². The molecule has 0 aliphatic heterocycles. The molecule has 1 aromatic heterocycles. The number of hydrogen-bond acceptors (Lipinski definition) is 5. The van der Waals surface area contributed by atoms with Crippen molar-refractivity contribution in [3.05, 3.63) is 15.8 Å². The second-order valence-electron chi connectivity index (χ2n) is 4.07. The molecule has 1 rings (SSSR count). The predicted molar refractivity (Wildman–Crippen MR) is 72.0 cm³/mol. The number of halogens is 1. The highest BCUT2D eigenvalue weighted by molar-refractivity contribution is 8.14. The highest BCUT2D eigenvalue weighted by Gasteiger charge is 2.28. The summed E-state index contributed by atoms with van der Waals surface area (Å²) >= 11 is 1.21. The van der Waals surface area contributed by atoms with Gasteiger partial charge in [0.05, 0.1) is 12.2 Å². The van der Waals surface area contributed by atoms with Crippen molar-refractivity contribution in [2.75, 3.05) is 6.61 Å². The fourth-order valence-electron chi connectivity index (χ4n) is 1.43. The number of carbonyl (C=O) groups is 1. The summed E-state index contributed by atoms with van der Waals surface area (Å²) in [6, 6.07) is 0. The predicted octanol–water partition coefficient (Wildman–Crippen LogP) is 3.37. The smallest absolute Gasteiger partial charge is 0.340 e. The maximum Gasteiger partial charge on any atom is 0.340 e. The topological polar surface area (TPSA) is 60.4 Å². The average molecular weight is 311 g/mol. The average Bonchev–Trinajstić information content (AvgIpc) is 2.69. The summed E-state index contributed by atoms with van der Waals surface area (Å²) in [5.74, 6) is -0.662. The van der Waals surface area contributed by atoms with Crippen molar-refractivity contribution in [2.45, 2.75) is 38.0 Å². The van der Waals surface area contributed by atoms with E-state index in [-0.39, 0.29) is 23.0 Å². The van der Waals surface area contributed by atoms with Gasteiger partial charge in [0.25, 0.3) is 9.05 Å². The first-order valence-corrected chi connectivity index (χ1v) is 8.71. The maximum absolute atomic E-state index is 11.8. The van der Waals surface area contributed by atoms with E-state index in [1.54, 1.807) is 0 Å². The number of esters is 1. The molecule has 0 aliphatic carbocycles. The number of carbonyl (C=O) groups excluding carboxylic acids is 1. The zero-order valence-electron chi connectivity index (χ0n) is 10.4. The lowest BCUT2D eigenvalue weighted by Crippen LogP contribution is -2.09. The first-order valence-electron chi connectivity index (χ1n) is 5.52. The lowest BCUT2D eigenvalue weighted by atomic mass is 10.1. The fraction of sp³-hybridized carbons (Fsp3) is 0.545. The molecule has 0 N–H and O–H groups in total. The Kier molecular flexibility index (Phi) is 5.19. The van der Waals surface area contributed by atoms with Crippen LogP contribution in [0.4, 0.5) is 0 Å². The third-order valence-electron chi connectivity index (χ3n) is 2.20. The molecule has 102 valence electrons. The summed E-state index contributed by atoms with van der Waals surface area (Å²) in [5.41, 5.74) is 0.0344. The normalized spacial score (nSPS) is 11.8. The largest absolute Gasteiger partial charge is 0.462 e. The molecule has 0 aliphatic rings. The van der Waals surface area contributed by atoms with Crippen molar-refractivity contribution in [3.63, 3.8) is 0 Å². The molecule has 0 atom stereocenters. The standard InChI is InChI=1S/C11H15ClO4S2/c1-4-5-16-11(13)8-6-17-9(7(2)3)10(8)18(12,14)15/h6-7H,4-5H2,1-3H3. The minimum Gasteiger partial charge on any atom is -0.462 e. The Morgan fingerprint density at radius 1 is 1.50 bits per heavy atom. The van der Waals surface area contributed by atoms with E-state index in [0.29, 0.717) is 11.3 Å². The van der Waals surface area contributed by atoms with E-state index in [1.165, 1.54) is 16.7 Å². The highest BCUT2D eigenvalue weighted by atomic mass is 35.7. The number of ether oxygens (including phenoxy) is 1. The minimum absolute atomic E-state index is 0.0220. The van der Waals surface area contributed by atoms with E-state index in [9.17, 15) is 13.2 Å². The first-order chi connectivity index (χ1) is 8.29. The molecule has 0 radical (unpaired) electrons. The van der Waals surface area contributed by atoms with E-state index >= 15 is 0 Å². The Morgan fingerprint density at radius 2 is 2.11 bits per heavy atom.